The molecule has 0 amide bonds. The minimum atomic E-state index is -4.68. The number of phosphoric ester groups is 1. The number of Topliss-reactive ketones (excluding diaryl/α,β-unsaturated/α-hetero) is 1. The van der Waals surface area contributed by atoms with Gasteiger partial charge in [-0.15, -0.1) is 0 Å². The summed E-state index contributed by atoms with van der Waals surface area (Å²) in [6, 6.07) is 0. The Morgan fingerprint density at radius 3 is 2.11 bits per heavy atom. The van der Waals surface area contributed by atoms with Crippen LogP contribution < -0.4 is 5.73 Å². The van der Waals surface area contributed by atoms with Crippen LogP contribution in [0, 0.1) is 0 Å². The molecule has 27 heavy (non-hydrogen) atoms. The molecule has 0 heterocycles. The van der Waals surface area contributed by atoms with Crippen LogP contribution in [0.15, 0.2) is 36.5 Å². The van der Waals surface area contributed by atoms with Gasteiger partial charge in [0.2, 0.25) is 0 Å². The van der Waals surface area contributed by atoms with E-state index in [4.69, 9.17) is 15.5 Å². The van der Waals surface area contributed by atoms with E-state index in [-0.39, 0.29) is 18.7 Å². The quantitative estimate of drug-likeness (QED) is 0.187. The number of rotatable bonds is 17. The fraction of sp³-hybridized carbons (Fsp3) is 0.650. The standard InChI is InChI=1S/C20H36NO5P/c1-2-3-4-5-6-7-8-9-10-11-12-13-14-15-16-17-19(22)20(18-21)26-27(23,24)25/h3-4,6-7,9-10,20H,2,5,8,11-18,21H2,1H3,(H2,23,24,25). The number of phosphoric acid groups is 1. The van der Waals surface area contributed by atoms with Gasteiger partial charge in [0.05, 0.1) is 0 Å². The number of hydrogen-bond acceptors (Lipinski definition) is 4. The van der Waals surface area contributed by atoms with Gasteiger partial charge in [0.1, 0.15) is 6.10 Å². The van der Waals surface area contributed by atoms with E-state index in [1.807, 2.05) is 0 Å². The van der Waals surface area contributed by atoms with Gasteiger partial charge in [-0.2, -0.15) is 0 Å². The highest BCUT2D eigenvalue weighted by atomic mass is 31.2. The Kier molecular flexibility index (Phi) is 16.4. The van der Waals surface area contributed by atoms with Gasteiger partial charge in [0.25, 0.3) is 0 Å². The third-order valence-electron chi connectivity index (χ3n) is 3.91. The van der Waals surface area contributed by atoms with Crippen molar-refractivity contribution in [3.63, 3.8) is 0 Å². The Labute approximate surface area is 163 Å². The Hall–Kier alpha value is -1.04. The Morgan fingerprint density at radius 2 is 1.52 bits per heavy atom. The van der Waals surface area contributed by atoms with Crippen molar-refractivity contribution in [2.45, 2.75) is 77.2 Å². The lowest BCUT2D eigenvalue weighted by Gasteiger charge is -2.14. The van der Waals surface area contributed by atoms with Crippen molar-refractivity contribution in [2.75, 3.05) is 6.54 Å². The van der Waals surface area contributed by atoms with Gasteiger partial charge < -0.3 is 15.5 Å². The molecule has 0 fully saturated rings. The van der Waals surface area contributed by atoms with Crippen LogP contribution in [-0.2, 0) is 13.9 Å². The number of ketones is 1. The van der Waals surface area contributed by atoms with Crippen LogP contribution in [0.1, 0.15) is 71.1 Å². The smallest absolute Gasteiger partial charge is 0.328 e. The largest absolute Gasteiger partial charge is 0.470 e. The Morgan fingerprint density at radius 1 is 0.963 bits per heavy atom. The van der Waals surface area contributed by atoms with Gasteiger partial charge >= 0.3 is 7.82 Å². The molecule has 0 bridgehead atoms. The molecule has 0 saturated carbocycles. The van der Waals surface area contributed by atoms with E-state index in [1.165, 1.54) is 0 Å². The average Bonchev–Trinajstić information content (AvgIpc) is 2.62. The number of carbonyl (C=O) groups excluding carboxylic acids is 1. The first kappa shape index (κ1) is 26.0. The third kappa shape index (κ3) is 18.1. The fourth-order valence-electron chi connectivity index (χ4n) is 2.48. The van der Waals surface area contributed by atoms with E-state index >= 15 is 0 Å². The second-order valence-electron chi connectivity index (χ2n) is 6.39. The molecular formula is C20H36NO5P. The third-order valence-corrected chi connectivity index (χ3v) is 4.44. The van der Waals surface area contributed by atoms with Crippen molar-refractivity contribution in [2.24, 2.45) is 5.73 Å². The summed E-state index contributed by atoms with van der Waals surface area (Å²) in [4.78, 5) is 29.3. The zero-order valence-electron chi connectivity index (χ0n) is 16.5. The molecule has 156 valence electrons. The highest BCUT2D eigenvalue weighted by molar-refractivity contribution is 7.46. The van der Waals surface area contributed by atoms with E-state index in [2.05, 4.69) is 47.9 Å². The van der Waals surface area contributed by atoms with Crippen molar-refractivity contribution < 1.29 is 23.7 Å². The summed E-state index contributed by atoms with van der Waals surface area (Å²) in [6.45, 7) is 1.91. The molecule has 0 spiro atoms. The number of hydrogen-bond donors (Lipinski definition) is 3. The first-order valence-corrected chi connectivity index (χ1v) is 11.4. The first-order valence-electron chi connectivity index (χ1n) is 9.82. The van der Waals surface area contributed by atoms with Crippen LogP contribution >= 0.6 is 7.82 Å². The molecule has 0 aliphatic rings. The molecule has 6 nitrogen and oxygen atoms in total. The maximum absolute atomic E-state index is 11.8. The monoisotopic (exact) mass is 401 g/mol. The van der Waals surface area contributed by atoms with Crippen LogP contribution in [0.5, 0.6) is 0 Å². The Balaban J connectivity index is 3.61. The van der Waals surface area contributed by atoms with E-state index in [9.17, 15) is 9.36 Å². The van der Waals surface area contributed by atoms with Crippen LogP contribution in [0.2, 0.25) is 0 Å². The Bertz CT molecular complexity index is 511. The van der Waals surface area contributed by atoms with Crippen molar-refractivity contribution in [1.82, 2.24) is 0 Å². The lowest BCUT2D eigenvalue weighted by Crippen LogP contribution is -2.31. The van der Waals surface area contributed by atoms with Gasteiger partial charge in [-0.05, 0) is 38.5 Å². The van der Waals surface area contributed by atoms with Crippen LogP contribution in [0.3, 0.4) is 0 Å². The lowest BCUT2D eigenvalue weighted by atomic mass is 10.1. The summed E-state index contributed by atoms with van der Waals surface area (Å²) in [6.07, 6.45) is 21.1. The molecule has 0 aliphatic carbocycles. The van der Waals surface area contributed by atoms with E-state index in [1.54, 1.807) is 0 Å². The number of unbranched alkanes of at least 4 members (excludes halogenated alkanes) is 5. The van der Waals surface area contributed by atoms with Crippen molar-refractivity contribution in [3.05, 3.63) is 36.5 Å². The molecule has 7 heteroatoms. The fourth-order valence-corrected chi connectivity index (χ4v) is 3.01. The molecule has 0 radical (unpaired) electrons. The summed E-state index contributed by atoms with van der Waals surface area (Å²) < 4.78 is 15.2. The zero-order chi connectivity index (χ0) is 20.4. The highest BCUT2D eigenvalue weighted by Gasteiger charge is 2.26. The van der Waals surface area contributed by atoms with Crippen molar-refractivity contribution >= 4 is 13.6 Å². The highest BCUT2D eigenvalue weighted by Crippen LogP contribution is 2.37. The predicted molar refractivity (Wildman–Crippen MR) is 110 cm³/mol. The van der Waals surface area contributed by atoms with Gasteiger partial charge in [-0.3, -0.25) is 9.32 Å². The molecular weight excluding hydrogens is 365 g/mol. The average molecular weight is 401 g/mol. The number of nitrogens with two attached hydrogens (primary N) is 1. The van der Waals surface area contributed by atoms with Gasteiger partial charge in [-0.1, -0.05) is 62.6 Å². The summed E-state index contributed by atoms with van der Waals surface area (Å²) in [5.41, 5.74) is 5.33. The second-order valence-corrected chi connectivity index (χ2v) is 7.58. The maximum Gasteiger partial charge on any atom is 0.470 e. The molecule has 4 N–H and O–H groups in total. The summed E-state index contributed by atoms with van der Waals surface area (Å²) in [5.74, 6) is -0.345. The summed E-state index contributed by atoms with van der Waals surface area (Å²) in [7, 11) is -4.68. The molecule has 0 rings (SSSR count). The summed E-state index contributed by atoms with van der Waals surface area (Å²) in [5, 5.41) is 0. The molecule has 0 aromatic heterocycles. The van der Waals surface area contributed by atoms with E-state index in [0.29, 0.717) is 6.42 Å². The SMILES string of the molecule is CCC=CCC=CCC=CCCCCCCCC(=O)C(CN)OP(=O)(O)O. The molecule has 1 unspecified atom stereocenters. The van der Waals surface area contributed by atoms with Gasteiger partial charge in [-0.25, -0.2) is 4.57 Å². The van der Waals surface area contributed by atoms with Crippen LogP contribution in [0.4, 0.5) is 0 Å². The minimum absolute atomic E-state index is 0.221. The van der Waals surface area contributed by atoms with Gasteiger partial charge in [0.15, 0.2) is 5.78 Å². The van der Waals surface area contributed by atoms with Crippen LogP contribution in [-0.4, -0.2) is 28.2 Å². The van der Waals surface area contributed by atoms with Crippen LogP contribution in [0.25, 0.3) is 0 Å². The first-order chi connectivity index (χ1) is 12.9. The normalized spacial score (nSPS) is 13.9. The number of carbonyl (C=O) groups is 1. The van der Waals surface area contributed by atoms with Crippen molar-refractivity contribution in [1.29, 1.82) is 0 Å². The maximum atomic E-state index is 11.8. The molecule has 0 aromatic carbocycles. The second kappa shape index (κ2) is 17.1. The number of allylic oxidation sites excluding steroid dienone is 6. The van der Waals surface area contributed by atoms with Crippen molar-refractivity contribution in [3.8, 4) is 0 Å². The van der Waals surface area contributed by atoms with Gasteiger partial charge in [0, 0.05) is 13.0 Å². The topological polar surface area (TPSA) is 110 Å². The van der Waals surface area contributed by atoms with E-state index in [0.717, 1.165) is 51.4 Å². The minimum Gasteiger partial charge on any atom is -0.328 e. The summed E-state index contributed by atoms with van der Waals surface area (Å²) >= 11 is 0. The zero-order valence-corrected chi connectivity index (χ0v) is 17.4. The van der Waals surface area contributed by atoms with E-state index < -0.39 is 13.9 Å². The predicted octanol–water partition coefficient (Wildman–Crippen LogP) is 4.58. The lowest BCUT2D eigenvalue weighted by molar-refractivity contribution is -0.126. The molecule has 0 aliphatic heterocycles. The molecule has 0 aromatic rings. The molecule has 1 atom stereocenters. The molecule has 0 saturated heterocycles.